The van der Waals surface area contributed by atoms with Crippen molar-refractivity contribution in [1.29, 1.82) is 0 Å². The largest absolute Gasteiger partial charge is 0.466 e. The van der Waals surface area contributed by atoms with Crippen LogP contribution >= 0.6 is 12.2 Å². The van der Waals surface area contributed by atoms with Crippen LogP contribution in [0.5, 0.6) is 0 Å². The van der Waals surface area contributed by atoms with E-state index in [1.54, 1.807) is 0 Å². The number of benzene rings is 2. The van der Waals surface area contributed by atoms with Crippen LogP contribution in [0.25, 0.3) is 10.8 Å². The molecule has 0 fully saturated rings. The molecule has 0 radical (unpaired) electrons. The van der Waals surface area contributed by atoms with Gasteiger partial charge in [-0.1, -0.05) is 49.7 Å². The molecule has 2 aromatic rings. The number of allylic oxidation sites excluding steroid dienone is 1. The third kappa shape index (κ3) is 3.12. The first-order valence-electron chi connectivity index (χ1n) is 8.01. The molecule has 1 atom stereocenters. The average molecular weight is 340 g/mol. The number of fused-ring (bicyclic) bond motifs is 1. The summed E-state index contributed by atoms with van der Waals surface area (Å²) in [7, 11) is 1.41. The quantitative estimate of drug-likeness (QED) is 0.658. The first-order valence-corrected chi connectivity index (χ1v) is 8.42. The maximum absolute atomic E-state index is 12.4. The van der Waals surface area contributed by atoms with Gasteiger partial charge in [0.15, 0.2) is 5.11 Å². The van der Waals surface area contributed by atoms with Crippen molar-refractivity contribution in [3.8, 4) is 0 Å². The van der Waals surface area contributed by atoms with Gasteiger partial charge in [0, 0.05) is 5.70 Å². The van der Waals surface area contributed by atoms with Crippen LogP contribution in [0, 0.1) is 0 Å². The summed E-state index contributed by atoms with van der Waals surface area (Å²) in [5, 5.41) is 9.15. The summed E-state index contributed by atoms with van der Waals surface area (Å²) in [5.74, 6) is -0.334. The molecule has 124 valence electrons. The molecular formula is C19H20N2O2S. The zero-order valence-corrected chi connectivity index (χ0v) is 14.6. The molecule has 4 nitrogen and oxygen atoms in total. The summed E-state index contributed by atoms with van der Waals surface area (Å²) in [5.41, 5.74) is 2.43. The van der Waals surface area contributed by atoms with E-state index in [0.717, 1.165) is 34.9 Å². The maximum Gasteiger partial charge on any atom is 0.337 e. The van der Waals surface area contributed by atoms with E-state index in [9.17, 15) is 4.79 Å². The Kier molecular flexibility index (Phi) is 4.81. The van der Waals surface area contributed by atoms with Crippen LogP contribution in [0.1, 0.15) is 31.4 Å². The number of carbonyl (C=O) groups excluding carboxylic acids is 1. The number of thiocarbonyl (C=S) groups is 1. The van der Waals surface area contributed by atoms with Gasteiger partial charge >= 0.3 is 5.97 Å². The molecule has 0 spiro atoms. The highest BCUT2D eigenvalue weighted by Gasteiger charge is 2.31. The van der Waals surface area contributed by atoms with Gasteiger partial charge < -0.3 is 15.4 Å². The Morgan fingerprint density at radius 3 is 2.67 bits per heavy atom. The fraction of sp³-hybridized carbons (Fsp3) is 0.263. The first-order chi connectivity index (χ1) is 11.6. The predicted octanol–water partition coefficient (Wildman–Crippen LogP) is 3.59. The summed E-state index contributed by atoms with van der Waals surface area (Å²) < 4.78 is 5.02. The number of rotatable bonds is 4. The third-order valence-corrected chi connectivity index (χ3v) is 4.39. The highest BCUT2D eigenvalue weighted by molar-refractivity contribution is 7.80. The summed E-state index contributed by atoms with van der Waals surface area (Å²) >= 11 is 5.34. The molecule has 0 saturated heterocycles. The van der Waals surface area contributed by atoms with E-state index in [2.05, 4.69) is 41.8 Å². The molecule has 0 bridgehead atoms. The molecule has 1 heterocycles. The Hall–Kier alpha value is -2.40. The predicted molar refractivity (Wildman–Crippen MR) is 99.5 cm³/mol. The van der Waals surface area contributed by atoms with E-state index in [4.69, 9.17) is 17.0 Å². The van der Waals surface area contributed by atoms with E-state index in [0.29, 0.717) is 10.7 Å². The smallest absolute Gasteiger partial charge is 0.337 e. The summed E-state index contributed by atoms with van der Waals surface area (Å²) in [6, 6.07) is 14.0. The second kappa shape index (κ2) is 7.01. The van der Waals surface area contributed by atoms with Crippen LogP contribution in [0.3, 0.4) is 0 Å². The van der Waals surface area contributed by atoms with Crippen molar-refractivity contribution in [2.45, 2.75) is 25.8 Å². The van der Waals surface area contributed by atoms with Gasteiger partial charge in [-0.2, -0.15) is 0 Å². The molecule has 0 aromatic heterocycles. The molecular weight excluding hydrogens is 320 g/mol. The van der Waals surface area contributed by atoms with Crippen molar-refractivity contribution in [2.24, 2.45) is 0 Å². The molecule has 1 aliphatic rings. The molecule has 0 amide bonds. The standard InChI is InChI=1S/C19H20N2O2S/c1-3-6-15-16(18(22)23-2)17(21-19(24)20-15)14-10-9-12-7-4-5-8-13(12)11-14/h4-5,7-11,17H,3,6H2,1-2H3,(H2,20,21,24)/t17-/m0/s1. The molecule has 0 saturated carbocycles. The Morgan fingerprint density at radius 2 is 1.96 bits per heavy atom. The van der Waals surface area contributed by atoms with Crippen LogP contribution in [-0.4, -0.2) is 18.2 Å². The fourth-order valence-corrected chi connectivity index (χ4v) is 3.29. The van der Waals surface area contributed by atoms with E-state index in [1.165, 1.54) is 7.11 Å². The number of carbonyl (C=O) groups is 1. The van der Waals surface area contributed by atoms with E-state index in [1.807, 2.05) is 18.2 Å². The van der Waals surface area contributed by atoms with Gasteiger partial charge in [0.05, 0.1) is 18.7 Å². The minimum absolute atomic E-state index is 0.308. The SMILES string of the molecule is CCCC1=C(C(=O)OC)[C@H](c2ccc3ccccc3c2)NC(=S)N1. The Balaban J connectivity index is 2.11. The van der Waals surface area contributed by atoms with Crippen molar-refractivity contribution in [3.63, 3.8) is 0 Å². The highest BCUT2D eigenvalue weighted by Crippen LogP contribution is 2.31. The van der Waals surface area contributed by atoms with Gasteiger partial charge in [-0.05, 0) is 41.0 Å². The van der Waals surface area contributed by atoms with Crippen molar-refractivity contribution in [3.05, 3.63) is 59.3 Å². The van der Waals surface area contributed by atoms with Crippen LogP contribution in [0.4, 0.5) is 0 Å². The van der Waals surface area contributed by atoms with Crippen LogP contribution in [0.15, 0.2) is 53.7 Å². The molecule has 1 aliphatic heterocycles. The zero-order chi connectivity index (χ0) is 17.1. The fourth-order valence-electron chi connectivity index (χ4n) is 3.05. The van der Waals surface area contributed by atoms with Gasteiger partial charge in [0.1, 0.15) is 0 Å². The van der Waals surface area contributed by atoms with Crippen molar-refractivity contribution in [2.75, 3.05) is 7.11 Å². The molecule has 3 rings (SSSR count). The minimum Gasteiger partial charge on any atom is -0.466 e. The van der Waals surface area contributed by atoms with E-state index < -0.39 is 0 Å². The number of nitrogens with one attached hydrogen (secondary N) is 2. The van der Waals surface area contributed by atoms with Crippen LogP contribution < -0.4 is 10.6 Å². The lowest BCUT2D eigenvalue weighted by molar-refractivity contribution is -0.136. The average Bonchev–Trinajstić information content (AvgIpc) is 2.60. The molecule has 2 aromatic carbocycles. The lowest BCUT2D eigenvalue weighted by Gasteiger charge is -2.31. The molecule has 2 N–H and O–H groups in total. The zero-order valence-electron chi connectivity index (χ0n) is 13.8. The van der Waals surface area contributed by atoms with Gasteiger partial charge in [0.2, 0.25) is 0 Å². The van der Waals surface area contributed by atoms with Crippen molar-refractivity contribution in [1.82, 2.24) is 10.6 Å². The number of hydrogen-bond acceptors (Lipinski definition) is 3. The lowest BCUT2D eigenvalue weighted by Crippen LogP contribution is -2.45. The Morgan fingerprint density at radius 1 is 1.21 bits per heavy atom. The van der Waals surface area contributed by atoms with Crippen LogP contribution in [-0.2, 0) is 9.53 Å². The summed E-state index contributed by atoms with van der Waals surface area (Å²) in [4.78, 5) is 12.4. The van der Waals surface area contributed by atoms with Gasteiger partial charge in [0.25, 0.3) is 0 Å². The third-order valence-electron chi connectivity index (χ3n) is 4.17. The first kappa shape index (κ1) is 16.5. The topological polar surface area (TPSA) is 50.4 Å². The van der Waals surface area contributed by atoms with Crippen LogP contribution in [0.2, 0.25) is 0 Å². The van der Waals surface area contributed by atoms with Crippen molar-refractivity contribution >= 4 is 34.1 Å². The maximum atomic E-state index is 12.4. The summed E-state index contributed by atoms with van der Waals surface area (Å²) in [6.45, 7) is 2.07. The molecule has 5 heteroatoms. The number of ether oxygens (including phenoxy) is 1. The van der Waals surface area contributed by atoms with Gasteiger partial charge in [-0.25, -0.2) is 4.79 Å². The minimum atomic E-state index is -0.334. The molecule has 0 unspecified atom stereocenters. The van der Waals surface area contributed by atoms with E-state index in [-0.39, 0.29) is 12.0 Å². The summed E-state index contributed by atoms with van der Waals surface area (Å²) in [6.07, 6.45) is 1.66. The molecule has 0 aliphatic carbocycles. The Bertz CT molecular complexity index is 829. The monoisotopic (exact) mass is 340 g/mol. The van der Waals surface area contributed by atoms with Gasteiger partial charge in [-0.3, -0.25) is 0 Å². The Labute approximate surface area is 146 Å². The van der Waals surface area contributed by atoms with E-state index >= 15 is 0 Å². The normalized spacial score (nSPS) is 17.4. The van der Waals surface area contributed by atoms with Gasteiger partial charge in [-0.15, -0.1) is 0 Å². The van der Waals surface area contributed by atoms with Crippen molar-refractivity contribution < 1.29 is 9.53 Å². The number of methoxy groups -OCH3 is 1. The second-order valence-electron chi connectivity index (χ2n) is 5.77. The number of esters is 1. The molecule has 24 heavy (non-hydrogen) atoms. The second-order valence-corrected chi connectivity index (χ2v) is 6.18. The number of hydrogen-bond donors (Lipinski definition) is 2. The highest BCUT2D eigenvalue weighted by atomic mass is 32.1. The lowest BCUT2D eigenvalue weighted by atomic mass is 9.92.